The highest BCUT2D eigenvalue weighted by molar-refractivity contribution is 5.91. The fraction of sp³-hybridized carbons (Fsp3) is 0.238. The third-order valence-electron chi connectivity index (χ3n) is 5.16. The molecule has 8 heteroatoms. The molecule has 0 radical (unpaired) electrons. The molecule has 3 aromatic rings. The summed E-state index contributed by atoms with van der Waals surface area (Å²) in [5.41, 5.74) is 1.76. The van der Waals surface area contributed by atoms with Crippen molar-refractivity contribution in [2.45, 2.75) is 19.6 Å². The summed E-state index contributed by atoms with van der Waals surface area (Å²) in [6.07, 6.45) is 0. The monoisotopic (exact) mass is 399 g/mol. The number of aryl methyl sites for hydroxylation is 1. The highest BCUT2D eigenvalue weighted by Gasteiger charge is 2.30. The van der Waals surface area contributed by atoms with Gasteiger partial charge in [0, 0.05) is 24.0 Å². The fourth-order valence-corrected chi connectivity index (χ4v) is 3.60. The minimum atomic E-state index is -0.510. The van der Waals surface area contributed by atoms with Crippen molar-refractivity contribution in [3.8, 4) is 0 Å². The van der Waals surface area contributed by atoms with Gasteiger partial charge in [-0.3, -0.25) is 4.79 Å². The van der Waals surface area contributed by atoms with Gasteiger partial charge in [0.25, 0.3) is 5.56 Å². The number of benzene rings is 2. The first-order valence-corrected chi connectivity index (χ1v) is 9.07. The Kier molecular flexibility index (Phi) is 4.79. The Balaban J connectivity index is 1.70. The molecule has 1 aromatic heterocycles. The number of carbonyl (C=O) groups is 1. The van der Waals surface area contributed by atoms with E-state index in [0.29, 0.717) is 22.3 Å². The highest BCUT2D eigenvalue weighted by Crippen LogP contribution is 2.33. The van der Waals surface area contributed by atoms with Gasteiger partial charge in [0.2, 0.25) is 0 Å². The molecule has 150 valence electrons. The number of fused-ring (bicyclic) bond motifs is 3. The predicted molar refractivity (Wildman–Crippen MR) is 105 cm³/mol. The number of anilines is 1. The Hall–Kier alpha value is -3.26. The van der Waals surface area contributed by atoms with Crippen molar-refractivity contribution in [3.63, 3.8) is 0 Å². The van der Waals surface area contributed by atoms with Gasteiger partial charge in [-0.05, 0) is 48.2 Å². The SMILES string of the molecule is Cc1cc(NC(=O)N(C)[C@H]2COCc3[nH]c(=O)c4cc(F)ccc4c32)ccc1F. The van der Waals surface area contributed by atoms with E-state index in [1.807, 2.05) is 0 Å². The third-order valence-corrected chi connectivity index (χ3v) is 5.16. The van der Waals surface area contributed by atoms with Crippen LogP contribution in [-0.4, -0.2) is 29.6 Å². The van der Waals surface area contributed by atoms with E-state index in [-0.39, 0.29) is 24.4 Å². The Morgan fingerprint density at radius 3 is 2.76 bits per heavy atom. The topological polar surface area (TPSA) is 74.4 Å². The number of amides is 2. The second-order valence-corrected chi connectivity index (χ2v) is 7.07. The first-order chi connectivity index (χ1) is 13.8. The molecule has 2 aromatic carbocycles. The molecule has 1 aliphatic heterocycles. The van der Waals surface area contributed by atoms with E-state index >= 15 is 0 Å². The predicted octanol–water partition coefficient (Wildman–Crippen LogP) is 3.85. The molecule has 0 aliphatic carbocycles. The maximum absolute atomic E-state index is 13.7. The maximum atomic E-state index is 13.7. The van der Waals surface area contributed by atoms with Gasteiger partial charge in [0.15, 0.2) is 0 Å². The number of carbonyl (C=O) groups excluding carboxylic acids is 1. The number of nitrogens with one attached hydrogen (secondary N) is 2. The van der Waals surface area contributed by atoms with Crippen molar-refractivity contribution in [2.24, 2.45) is 0 Å². The number of hydrogen-bond donors (Lipinski definition) is 2. The van der Waals surface area contributed by atoms with E-state index in [1.165, 1.54) is 29.2 Å². The van der Waals surface area contributed by atoms with Gasteiger partial charge >= 0.3 is 6.03 Å². The van der Waals surface area contributed by atoms with Crippen LogP contribution in [0.1, 0.15) is 22.9 Å². The highest BCUT2D eigenvalue weighted by atomic mass is 19.1. The van der Waals surface area contributed by atoms with Crippen LogP contribution in [0.4, 0.5) is 19.3 Å². The van der Waals surface area contributed by atoms with Crippen molar-refractivity contribution in [1.29, 1.82) is 0 Å². The lowest BCUT2D eigenvalue weighted by Crippen LogP contribution is -2.39. The molecule has 2 amide bonds. The van der Waals surface area contributed by atoms with Gasteiger partial charge in [0.1, 0.15) is 11.6 Å². The number of H-pyrrole nitrogens is 1. The number of ether oxygens (including phenoxy) is 1. The summed E-state index contributed by atoms with van der Waals surface area (Å²) in [6.45, 7) is 2.03. The summed E-state index contributed by atoms with van der Waals surface area (Å²) < 4.78 is 32.7. The molecule has 29 heavy (non-hydrogen) atoms. The summed E-state index contributed by atoms with van der Waals surface area (Å²) in [4.78, 5) is 29.3. The first kappa shape index (κ1) is 19.1. The molecule has 0 spiro atoms. The lowest BCUT2D eigenvalue weighted by molar-refractivity contribution is 0.0527. The molecule has 2 heterocycles. The van der Waals surface area contributed by atoms with Gasteiger partial charge in [-0.1, -0.05) is 6.07 Å². The van der Waals surface area contributed by atoms with Crippen LogP contribution in [0.2, 0.25) is 0 Å². The number of likely N-dealkylation sites (N-methyl/N-ethyl adjacent to an activating group) is 1. The zero-order chi connectivity index (χ0) is 20.7. The number of rotatable bonds is 2. The normalized spacial score (nSPS) is 15.8. The molecule has 6 nitrogen and oxygen atoms in total. The van der Waals surface area contributed by atoms with Gasteiger partial charge < -0.3 is 19.9 Å². The van der Waals surface area contributed by atoms with Crippen molar-refractivity contribution in [1.82, 2.24) is 9.88 Å². The molecular formula is C21H19F2N3O3. The van der Waals surface area contributed by atoms with Crippen molar-refractivity contribution in [3.05, 3.63) is 75.2 Å². The fourth-order valence-electron chi connectivity index (χ4n) is 3.60. The van der Waals surface area contributed by atoms with Crippen LogP contribution in [0, 0.1) is 18.6 Å². The summed E-state index contributed by atoms with van der Waals surface area (Å²) in [5, 5.41) is 3.54. The van der Waals surface area contributed by atoms with E-state index in [2.05, 4.69) is 10.3 Å². The molecule has 0 unspecified atom stereocenters. The van der Waals surface area contributed by atoms with Gasteiger partial charge in [-0.25, -0.2) is 13.6 Å². The van der Waals surface area contributed by atoms with Crippen molar-refractivity contribution >= 4 is 22.5 Å². The number of nitrogens with zero attached hydrogens (tertiary/aromatic N) is 1. The molecule has 0 bridgehead atoms. The van der Waals surface area contributed by atoms with E-state index in [1.54, 1.807) is 26.1 Å². The summed E-state index contributed by atoms with van der Waals surface area (Å²) >= 11 is 0. The van der Waals surface area contributed by atoms with Crippen LogP contribution in [0.25, 0.3) is 10.8 Å². The Morgan fingerprint density at radius 1 is 1.21 bits per heavy atom. The van der Waals surface area contributed by atoms with Crippen LogP contribution < -0.4 is 10.9 Å². The molecule has 1 aliphatic rings. The Morgan fingerprint density at radius 2 is 2.00 bits per heavy atom. The molecule has 0 fully saturated rings. The quantitative estimate of drug-likeness (QED) is 0.687. The number of aromatic amines is 1. The minimum absolute atomic E-state index is 0.195. The number of hydrogen-bond acceptors (Lipinski definition) is 3. The average molecular weight is 399 g/mol. The summed E-state index contributed by atoms with van der Waals surface area (Å²) in [5.74, 6) is -0.863. The number of pyridine rings is 1. The number of urea groups is 1. The zero-order valence-corrected chi connectivity index (χ0v) is 15.9. The lowest BCUT2D eigenvalue weighted by Gasteiger charge is -2.33. The van der Waals surface area contributed by atoms with Crippen molar-refractivity contribution in [2.75, 3.05) is 19.0 Å². The lowest BCUT2D eigenvalue weighted by atomic mass is 9.96. The Bertz CT molecular complexity index is 1180. The molecule has 0 saturated heterocycles. The van der Waals surface area contributed by atoms with E-state index in [0.717, 1.165) is 5.56 Å². The third kappa shape index (κ3) is 3.47. The first-order valence-electron chi connectivity index (χ1n) is 9.07. The summed E-state index contributed by atoms with van der Waals surface area (Å²) in [7, 11) is 1.61. The molecular weight excluding hydrogens is 380 g/mol. The molecule has 1 atom stereocenters. The van der Waals surface area contributed by atoms with Crippen LogP contribution in [-0.2, 0) is 11.3 Å². The molecule has 4 rings (SSSR count). The Labute approximate surface area is 165 Å². The average Bonchev–Trinajstić information content (AvgIpc) is 2.70. The smallest absolute Gasteiger partial charge is 0.322 e. The number of aromatic nitrogens is 1. The van der Waals surface area contributed by atoms with E-state index in [4.69, 9.17) is 4.74 Å². The van der Waals surface area contributed by atoms with Crippen LogP contribution >= 0.6 is 0 Å². The van der Waals surface area contributed by atoms with Gasteiger partial charge in [-0.15, -0.1) is 0 Å². The molecule has 2 N–H and O–H groups in total. The second kappa shape index (κ2) is 7.29. The van der Waals surface area contributed by atoms with Crippen LogP contribution in [0.15, 0.2) is 41.2 Å². The van der Waals surface area contributed by atoms with Gasteiger partial charge in [0.05, 0.1) is 24.6 Å². The summed E-state index contributed by atoms with van der Waals surface area (Å²) in [6, 6.07) is 7.42. The van der Waals surface area contributed by atoms with Crippen molar-refractivity contribution < 1.29 is 18.3 Å². The maximum Gasteiger partial charge on any atom is 0.322 e. The minimum Gasteiger partial charge on any atom is -0.373 e. The second-order valence-electron chi connectivity index (χ2n) is 7.07. The van der Waals surface area contributed by atoms with E-state index < -0.39 is 23.4 Å². The molecule has 0 saturated carbocycles. The van der Waals surface area contributed by atoms with Crippen LogP contribution in [0.3, 0.4) is 0 Å². The standard InChI is InChI=1S/C21H19F2N3O3/c1-11-7-13(4-6-16(11)23)24-21(28)26(2)18-10-29-9-17-19(18)14-5-3-12(22)8-15(14)20(27)25-17/h3-8,18H,9-10H2,1-2H3,(H,24,28)(H,25,27)/t18-/m0/s1. The zero-order valence-electron chi connectivity index (χ0n) is 15.9. The van der Waals surface area contributed by atoms with E-state index in [9.17, 15) is 18.4 Å². The largest absolute Gasteiger partial charge is 0.373 e. The number of halogens is 2. The van der Waals surface area contributed by atoms with Gasteiger partial charge in [-0.2, -0.15) is 0 Å². The van der Waals surface area contributed by atoms with Crippen LogP contribution in [0.5, 0.6) is 0 Å².